The summed E-state index contributed by atoms with van der Waals surface area (Å²) < 4.78 is 1.73. The molecule has 6 heteroatoms. The van der Waals surface area contributed by atoms with E-state index in [-0.39, 0.29) is 12.3 Å². The lowest BCUT2D eigenvalue weighted by atomic mass is 10.2. The smallest absolute Gasteiger partial charge is 0.303 e. The lowest BCUT2D eigenvalue weighted by Crippen LogP contribution is -2.28. The zero-order valence-electron chi connectivity index (χ0n) is 13.6. The first-order chi connectivity index (χ1) is 10.9. The standard InChI is InChI=1S/C17H21N3O3/c1-12-6-8-14(9-7-12)20-13(2)15(11-18-20)17(23)19(3)10-4-5-16(21)22/h6-9,11H,4-5,10H2,1-3H3,(H,21,22). The predicted molar refractivity (Wildman–Crippen MR) is 86.9 cm³/mol. The summed E-state index contributed by atoms with van der Waals surface area (Å²) in [5.41, 5.74) is 3.36. The molecule has 1 N–H and O–H groups in total. The first-order valence-corrected chi connectivity index (χ1v) is 7.49. The van der Waals surface area contributed by atoms with E-state index in [4.69, 9.17) is 5.11 Å². The Hall–Kier alpha value is -2.63. The van der Waals surface area contributed by atoms with Gasteiger partial charge in [-0.2, -0.15) is 5.10 Å². The highest BCUT2D eigenvalue weighted by molar-refractivity contribution is 5.95. The number of amides is 1. The van der Waals surface area contributed by atoms with E-state index in [1.807, 2.05) is 38.1 Å². The van der Waals surface area contributed by atoms with Gasteiger partial charge in [0.25, 0.3) is 5.91 Å². The normalized spacial score (nSPS) is 10.6. The number of carbonyl (C=O) groups is 2. The number of carbonyl (C=O) groups excluding carboxylic acids is 1. The molecule has 6 nitrogen and oxygen atoms in total. The maximum Gasteiger partial charge on any atom is 0.303 e. The van der Waals surface area contributed by atoms with Crippen LogP contribution in [0.2, 0.25) is 0 Å². The predicted octanol–water partition coefficient (Wildman–Crippen LogP) is 2.43. The maximum absolute atomic E-state index is 12.5. The summed E-state index contributed by atoms with van der Waals surface area (Å²) in [5, 5.41) is 13.0. The number of nitrogens with zero attached hydrogens (tertiary/aromatic N) is 3. The molecule has 0 bridgehead atoms. The Morgan fingerprint density at radius 1 is 1.22 bits per heavy atom. The second kappa shape index (κ2) is 7.09. The Morgan fingerprint density at radius 2 is 1.87 bits per heavy atom. The topological polar surface area (TPSA) is 75.4 Å². The van der Waals surface area contributed by atoms with Crippen molar-refractivity contribution in [3.8, 4) is 5.69 Å². The summed E-state index contributed by atoms with van der Waals surface area (Å²) in [4.78, 5) is 24.5. The van der Waals surface area contributed by atoms with E-state index in [0.717, 1.165) is 16.9 Å². The zero-order valence-corrected chi connectivity index (χ0v) is 13.6. The van der Waals surface area contributed by atoms with Crippen molar-refractivity contribution in [3.63, 3.8) is 0 Å². The molecule has 0 aliphatic carbocycles. The van der Waals surface area contributed by atoms with Crippen LogP contribution in [0.1, 0.15) is 34.5 Å². The molecule has 23 heavy (non-hydrogen) atoms. The molecule has 0 aliphatic heterocycles. The molecular formula is C17H21N3O3. The number of rotatable bonds is 6. The minimum Gasteiger partial charge on any atom is -0.481 e. The first kappa shape index (κ1) is 16.7. The summed E-state index contributed by atoms with van der Waals surface area (Å²) in [6.45, 7) is 4.27. The number of carboxylic acid groups (broad SMARTS) is 1. The lowest BCUT2D eigenvalue weighted by molar-refractivity contribution is -0.137. The molecule has 0 saturated heterocycles. The van der Waals surface area contributed by atoms with Crippen molar-refractivity contribution >= 4 is 11.9 Å². The molecule has 1 aromatic heterocycles. The van der Waals surface area contributed by atoms with Crippen molar-refractivity contribution in [1.82, 2.24) is 14.7 Å². The molecular weight excluding hydrogens is 294 g/mol. The van der Waals surface area contributed by atoms with Gasteiger partial charge in [-0.15, -0.1) is 0 Å². The van der Waals surface area contributed by atoms with E-state index in [1.165, 1.54) is 4.90 Å². The highest BCUT2D eigenvalue weighted by atomic mass is 16.4. The average Bonchev–Trinajstić information content (AvgIpc) is 2.88. The number of aromatic nitrogens is 2. The summed E-state index contributed by atoms with van der Waals surface area (Å²) in [5.74, 6) is -1.000. The molecule has 0 radical (unpaired) electrons. The molecule has 1 aromatic carbocycles. The van der Waals surface area contributed by atoms with Crippen molar-refractivity contribution in [2.45, 2.75) is 26.7 Å². The van der Waals surface area contributed by atoms with Crippen LogP contribution < -0.4 is 0 Å². The third-order valence-electron chi connectivity index (χ3n) is 3.75. The average molecular weight is 315 g/mol. The third-order valence-corrected chi connectivity index (χ3v) is 3.75. The maximum atomic E-state index is 12.5. The Kier molecular flexibility index (Phi) is 5.16. The van der Waals surface area contributed by atoms with Gasteiger partial charge in [0.1, 0.15) is 0 Å². The number of aryl methyl sites for hydroxylation is 1. The SMILES string of the molecule is Cc1ccc(-n2ncc(C(=O)N(C)CCCC(=O)O)c2C)cc1. The Balaban J connectivity index is 2.13. The highest BCUT2D eigenvalue weighted by Crippen LogP contribution is 2.16. The second-order valence-electron chi connectivity index (χ2n) is 5.62. The molecule has 2 aromatic rings. The summed E-state index contributed by atoms with van der Waals surface area (Å²) in [6, 6.07) is 7.91. The van der Waals surface area contributed by atoms with E-state index >= 15 is 0 Å². The van der Waals surface area contributed by atoms with Gasteiger partial charge in [0.2, 0.25) is 0 Å². The molecule has 0 spiro atoms. The van der Waals surface area contributed by atoms with Crippen LogP contribution in [0.3, 0.4) is 0 Å². The fourth-order valence-corrected chi connectivity index (χ4v) is 2.34. The van der Waals surface area contributed by atoms with Crippen molar-refractivity contribution in [2.24, 2.45) is 0 Å². The van der Waals surface area contributed by atoms with E-state index in [0.29, 0.717) is 18.5 Å². The molecule has 0 saturated carbocycles. The molecule has 1 amide bonds. The van der Waals surface area contributed by atoms with Gasteiger partial charge in [-0.3, -0.25) is 9.59 Å². The van der Waals surface area contributed by atoms with Gasteiger partial charge >= 0.3 is 5.97 Å². The summed E-state index contributed by atoms with van der Waals surface area (Å²) in [6.07, 6.45) is 2.05. The van der Waals surface area contributed by atoms with Gasteiger partial charge in [0, 0.05) is 20.0 Å². The van der Waals surface area contributed by atoms with Crippen molar-refractivity contribution in [3.05, 3.63) is 47.3 Å². The van der Waals surface area contributed by atoms with Gasteiger partial charge in [-0.25, -0.2) is 4.68 Å². The summed E-state index contributed by atoms with van der Waals surface area (Å²) >= 11 is 0. The Morgan fingerprint density at radius 3 is 2.48 bits per heavy atom. The van der Waals surface area contributed by atoms with Crippen LogP contribution in [0, 0.1) is 13.8 Å². The van der Waals surface area contributed by atoms with Crippen molar-refractivity contribution in [2.75, 3.05) is 13.6 Å². The summed E-state index contributed by atoms with van der Waals surface area (Å²) in [7, 11) is 1.67. The fraction of sp³-hybridized carbons (Fsp3) is 0.353. The highest BCUT2D eigenvalue weighted by Gasteiger charge is 2.18. The van der Waals surface area contributed by atoms with Crippen LogP contribution in [-0.2, 0) is 4.79 Å². The van der Waals surface area contributed by atoms with Gasteiger partial charge in [0.15, 0.2) is 0 Å². The van der Waals surface area contributed by atoms with Crippen LogP contribution in [0.4, 0.5) is 0 Å². The van der Waals surface area contributed by atoms with Crippen LogP contribution in [0.25, 0.3) is 5.69 Å². The third kappa shape index (κ3) is 3.97. The van der Waals surface area contributed by atoms with E-state index in [9.17, 15) is 9.59 Å². The minimum atomic E-state index is -0.853. The Bertz CT molecular complexity index is 704. The molecule has 1 heterocycles. The number of hydrogen-bond donors (Lipinski definition) is 1. The first-order valence-electron chi connectivity index (χ1n) is 7.49. The van der Waals surface area contributed by atoms with E-state index in [2.05, 4.69) is 5.10 Å². The number of aliphatic carboxylic acids is 1. The second-order valence-corrected chi connectivity index (χ2v) is 5.62. The molecule has 0 fully saturated rings. The van der Waals surface area contributed by atoms with Crippen LogP contribution in [-0.4, -0.2) is 45.3 Å². The van der Waals surface area contributed by atoms with Crippen LogP contribution in [0.15, 0.2) is 30.5 Å². The van der Waals surface area contributed by atoms with E-state index in [1.54, 1.807) is 17.9 Å². The van der Waals surface area contributed by atoms with Crippen molar-refractivity contribution in [1.29, 1.82) is 0 Å². The number of benzene rings is 1. The molecule has 0 aliphatic rings. The van der Waals surface area contributed by atoms with Gasteiger partial charge < -0.3 is 10.0 Å². The van der Waals surface area contributed by atoms with Crippen molar-refractivity contribution < 1.29 is 14.7 Å². The minimum absolute atomic E-state index is 0.0548. The molecule has 122 valence electrons. The number of hydrogen-bond acceptors (Lipinski definition) is 3. The molecule has 0 atom stereocenters. The Labute approximate surface area is 135 Å². The molecule has 2 rings (SSSR count). The molecule has 0 unspecified atom stereocenters. The largest absolute Gasteiger partial charge is 0.481 e. The van der Waals surface area contributed by atoms with Gasteiger partial charge in [0.05, 0.1) is 23.1 Å². The zero-order chi connectivity index (χ0) is 17.0. The lowest BCUT2D eigenvalue weighted by Gasteiger charge is -2.16. The van der Waals surface area contributed by atoms with E-state index < -0.39 is 5.97 Å². The van der Waals surface area contributed by atoms with Crippen LogP contribution >= 0.6 is 0 Å². The fourth-order valence-electron chi connectivity index (χ4n) is 2.34. The monoisotopic (exact) mass is 315 g/mol. The van der Waals surface area contributed by atoms with Gasteiger partial charge in [-0.05, 0) is 32.4 Å². The van der Waals surface area contributed by atoms with Crippen LogP contribution in [0.5, 0.6) is 0 Å². The number of carboxylic acids is 1. The quantitative estimate of drug-likeness (QED) is 0.888. The van der Waals surface area contributed by atoms with Gasteiger partial charge in [-0.1, -0.05) is 17.7 Å².